The van der Waals surface area contributed by atoms with Gasteiger partial charge in [-0.25, -0.2) is 0 Å². The highest BCUT2D eigenvalue weighted by Crippen LogP contribution is 2.36. The number of amides is 1. The molecule has 0 bridgehead atoms. The number of unbranched alkanes of at least 4 members (excludes halogenated alkanes) is 7. The summed E-state index contributed by atoms with van der Waals surface area (Å²) in [6.07, 6.45) is 9.91. The quantitative estimate of drug-likeness (QED) is 0.159. The first kappa shape index (κ1) is 33.3. The molecule has 2 aromatic rings. The molecule has 2 aliphatic heterocycles. The van der Waals surface area contributed by atoms with Crippen molar-refractivity contribution in [1.29, 1.82) is 5.26 Å². The maximum absolute atomic E-state index is 13.5. The first-order chi connectivity index (χ1) is 21.2. The normalized spacial score (nSPS) is 16.2. The van der Waals surface area contributed by atoms with E-state index in [1.165, 1.54) is 11.8 Å². The van der Waals surface area contributed by atoms with Crippen LogP contribution in [0.25, 0.3) is 6.08 Å². The number of carboxylic acids is 1. The SMILES string of the molecule is Cc1c(C=C2SC(=S)N(CCCCCCCCCCC(=O)O)C2=O)c(N2CCN(c3ccccc3)CC2)n(C)c(=O)c1C#N. The number of benzene rings is 1. The fourth-order valence-corrected chi connectivity index (χ4v) is 7.13. The standard InChI is InChI=1S/C33H41N5O4S2/c1-24-26(22-28-32(42)38(33(43)44-28)17-13-8-6-4-3-5-7-12-16-29(39)40)30(35(2)31(41)27(24)23-34)37-20-18-36(19-21-37)25-14-10-9-11-15-25/h9-11,14-15,22H,3-8,12-13,16-21H2,1-2H3,(H,39,40). The van der Waals surface area contributed by atoms with Gasteiger partial charge in [0, 0.05) is 57.4 Å². The zero-order valence-corrected chi connectivity index (χ0v) is 27.2. The Morgan fingerprint density at radius 1 is 0.977 bits per heavy atom. The van der Waals surface area contributed by atoms with Crippen molar-refractivity contribution in [3.05, 3.63) is 62.3 Å². The lowest BCUT2D eigenvalue weighted by atomic mass is 10.0. The average Bonchev–Trinajstić information content (AvgIpc) is 3.29. The number of hydrogen-bond donors (Lipinski definition) is 1. The van der Waals surface area contributed by atoms with E-state index in [4.69, 9.17) is 17.3 Å². The van der Waals surface area contributed by atoms with Crippen LogP contribution in [0.4, 0.5) is 11.5 Å². The Hall–Kier alpha value is -3.62. The summed E-state index contributed by atoms with van der Waals surface area (Å²) in [6.45, 7) is 5.29. The highest BCUT2D eigenvalue weighted by atomic mass is 32.2. The van der Waals surface area contributed by atoms with Crippen LogP contribution in [0.15, 0.2) is 40.0 Å². The van der Waals surface area contributed by atoms with Crippen molar-refractivity contribution in [2.45, 2.75) is 64.7 Å². The molecule has 2 saturated heterocycles. The Bertz CT molecular complexity index is 1490. The van der Waals surface area contributed by atoms with Crippen molar-refractivity contribution in [1.82, 2.24) is 9.47 Å². The van der Waals surface area contributed by atoms with E-state index in [1.807, 2.05) is 24.3 Å². The number of carbonyl (C=O) groups excluding carboxylic acids is 1. The predicted molar refractivity (Wildman–Crippen MR) is 181 cm³/mol. The van der Waals surface area contributed by atoms with Gasteiger partial charge in [0.15, 0.2) is 0 Å². The van der Waals surface area contributed by atoms with E-state index in [9.17, 15) is 19.6 Å². The number of nitriles is 1. The van der Waals surface area contributed by atoms with Crippen molar-refractivity contribution >= 4 is 57.8 Å². The van der Waals surface area contributed by atoms with Gasteiger partial charge in [0.25, 0.3) is 11.5 Å². The van der Waals surface area contributed by atoms with Crippen molar-refractivity contribution in [3.8, 4) is 6.07 Å². The summed E-state index contributed by atoms with van der Waals surface area (Å²) < 4.78 is 2.07. The highest BCUT2D eigenvalue weighted by molar-refractivity contribution is 8.26. The minimum absolute atomic E-state index is 0.0859. The van der Waals surface area contributed by atoms with E-state index >= 15 is 0 Å². The number of aromatic nitrogens is 1. The first-order valence-electron chi connectivity index (χ1n) is 15.4. The topological polar surface area (TPSA) is 110 Å². The molecule has 1 amide bonds. The van der Waals surface area contributed by atoms with Crippen LogP contribution in [-0.2, 0) is 16.6 Å². The Labute approximate surface area is 269 Å². The number of para-hydroxylation sites is 1. The number of anilines is 2. The average molecular weight is 636 g/mol. The first-order valence-corrected chi connectivity index (χ1v) is 16.6. The molecule has 0 spiro atoms. The molecule has 1 aromatic heterocycles. The van der Waals surface area contributed by atoms with E-state index < -0.39 is 5.97 Å². The third-order valence-electron chi connectivity index (χ3n) is 8.34. The third kappa shape index (κ3) is 8.10. The van der Waals surface area contributed by atoms with E-state index in [1.54, 1.807) is 23.4 Å². The molecule has 4 rings (SSSR count). The van der Waals surface area contributed by atoms with Gasteiger partial charge in [-0.05, 0) is 43.5 Å². The molecule has 11 heteroatoms. The van der Waals surface area contributed by atoms with Gasteiger partial charge in [-0.15, -0.1) is 0 Å². The molecule has 0 aliphatic carbocycles. The number of aliphatic carboxylic acids is 1. The summed E-state index contributed by atoms with van der Waals surface area (Å²) in [7, 11) is 1.69. The number of nitrogens with zero attached hydrogens (tertiary/aromatic N) is 5. The van der Waals surface area contributed by atoms with Crippen molar-refractivity contribution < 1.29 is 14.7 Å². The second-order valence-corrected chi connectivity index (χ2v) is 13.0. The summed E-state index contributed by atoms with van der Waals surface area (Å²) in [6, 6.07) is 12.3. The number of carbonyl (C=O) groups is 2. The molecule has 44 heavy (non-hydrogen) atoms. The third-order valence-corrected chi connectivity index (χ3v) is 9.72. The van der Waals surface area contributed by atoms with E-state index in [0.29, 0.717) is 45.8 Å². The zero-order valence-electron chi connectivity index (χ0n) is 25.6. The van der Waals surface area contributed by atoms with Crippen LogP contribution in [0, 0.1) is 18.3 Å². The summed E-state index contributed by atoms with van der Waals surface area (Å²) in [5, 5.41) is 18.5. The molecule has 9 nitrogen and oxygen atoms in total. The van der Waals surface area contributed by atoms with Crippen LogP contribution >= 0.6 is 24.0 Å². The van der Waals surface area contributed by atoms with Crippen molar-refractivity contribution in [3.63, 3.8) is 0 Å². The summed E-state index contributed by atoms with van der Waals surface area (Å²) >= 11 is 6.87. The van der Waals surface area contributed by atoms with Crippen molar-refractivity contribution in [2.24, 2.45) is 7.05 Å². The molecule has 2 aliphatic rings. The molecule has 2 fully saturated rings. The molecule has 1 N–H and O–H groups in total. The Kier molecular flexibility index (Phi) is 12.0. The van der Waals surface area contributed by atoms with Crippen LogP contribution in [0.5, 0.6) is 0 Å². The van der Waals surface area contributed by atoms with E-state index in [0.717, 1.165) is 70.1 Å². The highest BCUT2D eigenvalue weighted by Gasteiger charge is 2.33. The lowest BCUT2D eigenvalue weighted by Gasteiger charge is -2.38. The van der Waals surface area contributed by atoms with Crippen molar-refractivity contribution in [2.75, 3.05) is 42.5 Å². The van der Waals surface area contributed by atoms with Crippen LogP contribution in [0.3, 0.4) is 0 Å². The molecule has 0 radical (unpaired) electrons. The molecular weight excluding hydrogens is 595 g/mol. The molecule has 0 saturated carbocycles. The van der Waals surface area contributed by atoms with Crippen LogP contribution in [-0.4, -0.2) is 63.5 Å². The second-order valence-electron chi connectivity index (χ2n) is 11.3. The van der Waals surface area contributed by atoms with Crippen LogP contribution in [0.1, 0.15) is 74.5 Å². The van der Waals surface area contributed by atoms with Gasteiger partial charge in [0.2, 0.25) is 0 Å². The fraction of sp³-hybridized carbons (Fsp3) is 0.485. The number of carboxylic acid groups (broad SMARTS) is 1. The maximum atomic E-state index is 13.5. The van der Waals surface area contributed by atoms with Gasteiger partial charge >= 0.3 is 5.97 Å². The van der Waals surface area contributed by atoms with Gasteiger partial charge in [0.05, 0.1) is 4.91 Å². The minimum atomic E-state index is -0.731. The van der Waals surface area contributed by atoms with Gasteiger partial charge in [-0.2, -0.15) is 5.26 Å². The lowest BCUT2D eigenvalue weighted by Crippen LogP contribution is -2.48. The molecule has 0 atom stereocenters. The van der Waals surface area contributed by atoms with E-state index in [-0.39, 0.29) is 23.5 Å². The number of pyridine rings is 1. The Morgan fingerprint density at radius 3 is 2.18 bits per heavy atom. The number of thiocarbonyl (C=S) groups is 1. The number of rotatable bonds is 14. The number of piperazine rings is 1. The zero-order chi connectivity index (χ0) is 31.6. The summed E-state index contributed by atoms with van der Waals surface area (Å²) in [5.74, 6) is -0.150. The smallest absolute Gasteiger partial charge is 0.303 e. The predicted octanol–water partition coefficient (Wildman–Crippen LogP) is 5.69. The number of hydrogen-bond acceptors (Lipinski definition) is 8. The van der Waals surface area contributed by atoms with Gasteiger partial charge in [-0.1, -0.05) is 80.7 Å². The van der Waals surface area contributed by atoms with Crippen LogP contribution < -0.4 is 15.4 Å². The van der Waals surface area contributed by atoms with Gasteiger partial charge < -0.3 is 14.9 Å². The van der Waals surface area contributed by atoms with Gasteiger partial charge in [0.1, 0.15) is 21.8 Å². The van der Waals surface area contributed by atoms with Crippen LogP contribution in [0.2, 0.25) is 0 Å². The molecule has 234 valence electrons. The maximum Gasteiger partial charge on any atom is 0.303 e. The fourth-order valence-electron chi connectivity index (χ4n) is 5.84. The minimum Gasteiger partial charge on any atom is -0.481 e. The summed E-state index contributed by atoms with van der Waals surface area (Å²) in [5.41, 5.74) is 2.19. The molecular formula is C33H41N5O4S2. The summed E-state index contributed by atoms with van der Waals surface area (Å²) in [4.78, 5) is 43.9. The largest absolute Gasteiger partial charge is 0.481 e. The van der Waals surface area contributed by atoms with E-state index in [2.05, 4.69) is 28.0 Å². The number of thioether (sulfide) groups is 1. The lowest BCUT2D eigenvalue weighted by molar-refractivity contribution is -0.137. The molecule has 3 heterocycles. The Morgan fingerprint density at radius 2 is 1.57 bits per heavy atom. The monoisotopic (exact) mass is 635 g/mol. The molecule has 0 unspecified atom stereocenters. The Balaban J connectivity index is 1.42. The molecule has 1 aromatic carbocycles. The second kappa shape index (κ2) is 15.9. The van der Waals surface area contributed by atoms with Gasteiger partial charge in [-0.3, -0.25) is 23.9 Å².